The molecule has 2 N–H and O–H groups in total. The number of rotatable bonds is 7. The Bertz CT molecular complexity index is 885. The molecule has 0 saturated heterocycles. The number of nitrogens with one attached hydrogen (secondary N) is 1. The summed E-state index contributed by atoms with van der Waals surface area (Å²) in [6.45, 7) is 3.31. The summed E-state index contributed by atoms with van der Waals surface area (Å²) in [6, 6.07) is 13.9. The molecule has 2 aromatic rings. The molecule has 0 atom stereocenters. The first-order chi connectivity index (χ1) is 12.3. The molecular formula is C20H16BrNO4. The quantitative estimate of drug-likeness (QED) is 0.522. The molecule has 6 heteroatoms. The third-order valence-corrected chi connectivity index (χ3v) is 3.93. The molecule has 0 aliphatic rings. The van der Waals surface area contributed by atoms with Crippen molar-refractivity contribution in [3.63, 3.8) is 0 Å². The predicted octanol–water partition coefficient (Wildman–Crippen LogP) is 4.31. The second-order valence-electron chi connectivity index (χ2n) is 5.46. The number of benzene rings is 2. The number of carboxylic acid groups (broad SMARTS) is 1. The van der Waals surface area contributed by atoms with Gasteiger partial charge in [0.05, 0.1) is 6.42 Å². The van der Waals surface area contributed by atoms with Crippen LogP contribution >= 0.6 is 15.9 Å². The second kappa shape index (κ2) is 8.92. The zero-order chi connectivity index (χ0) is 19.1. The summed E-state index contributed by atoms with van der Waals surface area (Å²) in [5.74, 6) is -1.94. The lowest BCUT2D eigenvalue weighted by molar-refractivity contribution is -0.133. The lowest BCUT2D eigenvalue weighted by Gasteiger charge is -2.06. The Morgan fingerprint density at radius 2 is 1.81 bits per heavy atom. The molecule has 0 heterocycles. The molecule has 0 unspecified atom stereocenters. The van der Waals surface area contributed by atoms with E-state index in [1.54, 1.807) is 24.3 Å². The number of ketones is 1. The third-order valence-electron chi connectivity index (χ3n) is 3.40. The fourth-order valence-electron chi connectivity index (χ4n) is 2.07. The largest absolute Gasteiger partial charge is 0.478 e. The van der Waals surface area contributed by atoms with Gasteiger partial charge >= 0.3 is 5.97 Å². The van der Waals surface area contributed by atoms with Gasteiger partial charge in [0.15, 0.2) is 5.78 Å². The number of anilines is 1. The molecule has 2 aromatic carbocycles. The number of halogens is 1. The van der Waals surface area contributed by atoms with Crippen LogP contribution in [0.25, 0.3) is 6.08 Å². The number of hydrogen-bond acceptors (Lipinski definition) is 3. The van der Waals surface area contributed by atoms with Gasteiger partial charge in [-0.05, 0) is 35.9 Å². The number of carboxylic acids is 1. The van der Waals surface area contributed by atoms with E-state index >= 15 is 0 Å². The summed E-state index contributed by atoms with van der Waals surface area (Å²) < 4.78 is 0.954. The minimum absolute atomic E-state index is 0.202. The van der Waals surface area contributed by atoms with Crippen LogP contribution in [0.15, 0.2) is 71.2 Å². The maximum absolute atomic E-state index is 12.3. The molecule has 0 fully saturated rings. The highest BCUT2D eigenvalue weighted by Crippen LogP contribution is 2.15. The van der Waals surface area contributed by atoms with Crippen molar-refractivity contribution in [2.45, 2.75) is 6.42 Å². The fourth-order valence-corrected chi connectivity index (χ4v) is 2.33. The van der Waals surface area contributed by atoms with E-state index in [1.165, 1.54) is 12.1 Å². The number of carbonyl (C=O) groups is 3. The summed E-state index contributed by atoms with van der Waals surface area (Å²) in [6.07, 6.45) is 2.84. The monoisotopic (exact) mass is 413 g/mol. The lowest BCUT2D eigenvalue weighted by atomic mass is 10.1. The maximum atomic E-state index is 12.3. The highest BCUT2D eigenvalue weighted by Gasteiger charge is 2.11. The molecular weight excluding hydrogens is 398 g/mol. The predicted molar refractivity (Wildman–Crippen MR) is 104 cm³/mol. The summed E-state index contributed by atoms with van der Waals surface area (Å²) in [4.78, 5) is 34.8. The van der Waals surface area contributed by atoms with E-state index < -0.39 is 11.9 Å². The second-order valence-corrected chi connectivity index (χ2v) is 6.38. The van der Waals surface area contributed by atoms with Gasteiger partial charge in [0, 0.05) is 21.3 Å². The normalized spacial score (nSPS) is 10.5. The van der Waals surface area contributed by atoms with Gasteiger partial charge in [0.1, 0.15) is 0 Å². The smallest absolute Gasteiger partial charge is 0.331 e. The fraction of sp³-hybridized carbons (Fsp3) is 0.0500. The van der Waals surface area contributed by atoms with Gasteiger partial charge < -0.3 is 10.4 Å². The van der Waals surface area contributed by atoms with E-state index in [2.05, 4.69) is 27.8 Å². The summed E-state index contributed by atoms with van der Waals surface area (Å²) in [5.41, 5.74) is 1.51. The topological polar surface area (TPSA) is 83.5 Å². The molecule has 0 aliphatic heterocycles. The van der Waals surface area contributed by atoms with Crippen LogP contribution in [0.4, 0.5) is 5.69 Å². The lowest BCUT2D eigenvalue weighted by Crippen LogP contribution is -2.15. The van der Waals surface area contributed by atoms with Crippen molar-refractivity contribution in [1.82, 2.24) is 0 Å². The van der Waals surface area contributed by atoms with E-state index in [0.29, 0.717) is 11.3 Å². The zero-order valence-corrected chi connectivity index (χ0v) is 15.3. The van der Waals surface area contributed by atoms with Crippen LogP contribution in [0.5, 0.6) is 0 Å². The van der Waals surface area contributed by atoms with E-state index in [-0.39, 0.29) is 17.8 Å². The van der Waals surface area contributed by atoms with Crippen LogP contribution in [0.2, 0.25) is 0 Å². The van der Waals surface area contributed by atoms with Crippen LogP contribution in [0, 0.1) is 0 Å². The van der Waals surface area contributed by atoms with Gasteiger partial charge in [0.2, 0.25) is 5.91 Å². The maximum Gasteiger partial charge on any atom is 0.331 e. The van der Waals surface area contributed by atoms with Crippen molar-refractivity contribution >= 4 is 45.4 Å². The van der Waals surface area contributed by atoms with E-state index in [0.717, 1.165) is 10.0 Å². The van der Waals surface area contributed by atoms with Crippen LogP contribution in [0.3, 0.4) is 0 Å². The number of carbonyl (C=O) groups excluding carboxylic acids is 2. The molecule has 0 aliphatic carbocycles. The molecule has 0 radical (unpaired) electrons. The molecule has 0 spiro atoms. The highest BCUT2D eigenvalue weighted by molar-refractivity contribution is 9.10. The third kappa shape index (κ3) is 5.82. The van der Waals surface area contributed by atoms with Crippen LogP contribution in [0.1, 0.15) is 22.3 Å². The summed E-state index contributed by atoms with van der Waals surface area (Å²) >= 11 is 3.35. The van der Waals surface area contributed by atoms with E-state index in [9.17, 15) is 14.4 Å². The number of allylic oxidation sites excluding steroid dienone is 1. The van der Waals surface area contributed by atoms with Gasteiger partial charge in [-0.2, -0.15) is 0 Å². The number of amides is 1. The Hall–Kier alpha value is -2.99. The Balaban J connectivity index is 2.04. The molecule has 26 heavy (non-hydrogen) atoms. The highest BCUT2D eigenvalue weighted by atomic mass is 79.9. The molecule has 0 aromatic heterocycles. The Morgan fingerprint density at radius 1 is 1.12 bits per heavy atom. The molecule has 132 valence electrons. The molecule has 0 bridgehead atoms. The first-order valence-electron chi connectivity index (χ1n) is 7.64. The van der Waals surface area contributed by atoms with E-state index in [4.69, 9.17) is 5.11 Å². The first-order valence-corrected chi connectivity index (χ1v) is 8.43. The standard InChI is InChI=1S/C20H16BrNO4/c1-13(20(25)26)11-19(24)22-17-4-2-3-15(12-17)18(23)10-7-14-5-8-16(21)9-6-14/h2-10,12H,1,11H2,(H,22,24)(H,25,26). The van der Waals surface area contributed by atoms with Gasteiger partial charge in [-0.15, -0.1) is 0 Å². The first kappa shape index (κ1) is 19.3. The minimum atomic E-state index is -1.22. The Kier molecular flexibility index (Phi) is 6.63. The van der Waals surface area contributed by atoms with Crippen LogP contribution < -0.4 is 5.32 Å². The Labute approximate surface area is 159 Å². The number of aliphatic carboxylic acids is 1. The summed E-state index contributed by atoms with van der Waals surface area (Å²) in [7, 11) is 0. The minimum Gasteiger partial charge on any atom is -0.478 e. The van der Waals surface area contributed by atoms with Crippen LogP contribution in [-0.2, 0) is 9.59 Å². The van der Waals surface area contributed by atoms with Gasteiger partial charge in [-0.3, -0.25) is 9.59 Å². The average molecular weight is 414 g/mol. The van der Waals surface area contributed by atoms with Crippen molar-refractivity contribution in [2.75, 3.05) is 5.32 Å². The van der Waals surface area contributed by atoms with Crippen molar-refractivity contribution in [3.8, 4) is 0 Å². The Morgan fingerprint density at radius 3 is 2.46 bits per heavy atom. The van der Waals surface area contributed by atoms with Crippen molar-refractivity contribution < 1.29 is 19.5 Å². The zero-order valence-electron chi connectivity index (χ0n) is 13.7. The van der Waals surface area contributed by atoms with Crippen molar-refractivity contribution in [3.05, 3.63) is 82.4 Å². The van der Waals surface area contributed by atoms with Crippen molar-refractivity contribution in [1.29, 1.82) is 0 Å². The number of hydrogen-bond donors (Lipinski definition) is 2. The van der Waals surface area contributed by atoms with Crippen LogP contribution in [-0.4, -0.2) is 22.8 Å². The van der Waals surface area contributed by atoms with Gasteiger partial charge in [0.25, 0.3) is 0 Å². The molecule has 0 saturated carbocycles. The molecule has 1 amide bonds. The molecule has 5 nitrogen and oxygen atoms in total. The van der Waals surface area contributed by atoms with Crippen molar-refractivity contribution in [2.24, 2.45) is 0 Å². The van der Waals surface area contributed by atoms with Gasteiger partial charge in [-0.25, -0.2) is 4.79 Å². The molecule has 2 rings (SSSR count). The average Bonchev–Trinajstić information content (AvgIpc) is 2.61. The summed E-state index contributed by atoms with van der Waals surface area (Å²) in [5, 5.41) is 11.3. The van der Waals surface area contributed by atoms with E-state index in [1.807, 2.05) is 24.3 Å². The van der Waals surface area contributed by atoms with Gasteiger partial charge in [-0.1, -0.05) is 52.9 Å². The SMILES string of the molecule is C=C(CC(=O)Nc1cccc(C(=O)C=Cc2ccc(Br)cc2)c1)C(=O)O.